The molecule has 0 aliphatic heterocycles. The van der Waals surface area contributed by atoms with E-state index in [9.17, 15) is 9.59 Å². The van der Waals surface area contributed by atoms with Gasteiger partial charge in [0.1, 0.15) is 0 Å². The zero-order valence-electron chi connectivity index (χ0n) is 12.3. The SMILES string of the molecule is CCN(CC)C(=O)CCNC(=O)c1cc(N)cnc1C. The summed E-state index contributed by atoms with van der Waals surface area (Å²) >= 11 is 0. The third kappa shape index (κ3) is 4.22. The van der Waals surface area contributed by atoms with Gasteiger partial charge in [-0.25, -0.2) is 0 Å². The second kappa shape index (κ2) is 7.47. The van der Waals surface area contributed by atoms with Gasteiger partial charge in [-0.2, -0.15) is 0 Å². The number of amides is 2. The number of aryl methyl sites for hydroxylation is 1. The highest BCUT2D eigenvalue weighted by molar-refractivity contribution is 5.96. The predicted molar refractivity (Wildman–Crippen MR) is 78.3 cm³/mol. The van der Waals surface area contributed by atoms with Crippen LogP contribution < -0.4 is 11.1 Å². The van der Waals surface area contributed by atoms with Crippen LogP contribution in [0.5, 0.6) is 0 Å². The van der Waals surface area contributed by atoms with Crippen LogP contribution in [-0.2, 0) is 4.79 Å². The van der Waals surface area contributed by atoms with E-state index in [1.165, 1.54) is 6.20 Å². The van der Waals surface area contributed by atoms with Gasteiger partial charge in [0.05, 0.1) is 23.1 Å². The summed E-state index contributed by atoms with van der Waals surface area (Å²) in [5, 5.41) is 2.72. The van der Waals surface area contributed by atoms with Gasteiger partial charge in [-0.1, -0.05) is 0 Å². The minimum absolute atomic E-state index is 0.0396. The largest absolute Gasteiger partial charge is 0.397 e. The van der Waals surface area contributed by atoms with Crippen LogP contribution >= 0.6 is 0 Å². The van der Waals surface area contributed by atoms with Gasteiger partial charge >= 0.3 is 0 Å². The molecule has 1 rings (SSSR count). The van der Waals surface area contributed by atoms with Crippen molar-refractivity contribution in [2.75, 3.05) is 25.4 Å². The van der Waals surface area contributed by atoms with Crippen molar-refractivity contribution in [2.24, 2.45) is 0 Å². The molecule has 1 aromatic heterocycles. The molecule has 0 bridgehead atoms. The number of hydrogen-bond acceptors (Lipinski definition) is 4. The minimum Gasteiger partial charge on any atom is -0.397 e. The molecule has 6 heteroatoms. The summed E-state index contributed by atoms with van der Waals surface area (Å²) in [6.07, 6.45) is 1.80. The van der Waals surface area contributed by atoms with Crippen molar-refractivity contribution in [3.63, 3.8) is 0 Å². The van der Waals surface area contributed by atoms with Crippen LogP contribution in [0, 0.1) is 6.92 Å². The molecule has 0 spiro atoms. The van der Waals surface area contributed by atoms with E-state index < -0.39 is 0 Å². The highest BCUT2D eigenvalue weighted by Gasteiger charge is 2.12. The van der Waals surface area contributed by atoms with Gasteiger partial charge in [-0.15, -0.1) is 0 Å². The number of rotatable bonds is 6. The molecule has 1 heterocycles. The number of carbonyl (C=O) groups is 2. The summed E-state index contributed by atoms with van der Waals surface area (Å²) in [6.45, 7) is 7.28. The summed E-state index contributed by atoms with van der Waals surface area (Å²) < 4.78 is 0. The van der Waals surface area contributed by atoms with Crippen LogP contribution in [0.4, 0.5) is 5.69 Å². The molecule has 0 aromatic carbocycles. The first-order chi connectivity index (χ1) is 9.49. The number of nitrogens with one attached hydrogen (secondary N) is 1. The summed E-state index contributed by atoms with van der Waals surface area (Å²) in [6, 6.07) is 1.59. The average molecular weight is 278 g/mol. The molecule has 0 aliphatic rings. The fourth-order valence-corrected chi connectivity index (χ4v) is 1.89. The van der Waals surface area contributed by atoms with Crippen molar-refractivity contribution in [1.82, 2.24) is 15.2 Å². The number of hydrogen-bond donors (Lipinski definition) is 2. The number of nitrogen functional groups attached to an aromatic ring is 1. The van der Waals surface area contributed by atoms with Crippen molar-refractivity contribution in [1.29, 1.82) is 0 Å². The Hall–Kier alpha value is -2.11. The van der Waals surface area contributed by atoms with Crippen LogP contribution in [-0.4, -0.2) is 41.3 Å². The van der Waals surface area contributed by atoms with Gasteiger partial charge in [0.15, 0.2) is 0 Å². The lowest BCUT2D eigenvalue weighted by molar-refractivity contribution is -0.130. The Morgan fingerprint density at radius 3 is 2.60 bits per heavy atom. The maximum absolute atomic E-state index is 12.0. The van der Waals surface area contributed by atoms with Crippen molar-refractivity contribution in [3.8, 4) is 0 Å². The van der Waals surface area contributed by atoms with E-state index in [2.05, 4.69) is 10.3 Å². The van der Waals surface area contributed by atoms with E-state index in [1.807, 2.05) is 13.8 Å². The zero-order valence-corrected chi connectivity index (χ0v) is 12.3. The second-order valence-electron chi connectivity index (χ2n) is 4.47. The first-order valence-electron chi connectivity index (χ1n) is 6.77. The number of aromatic nitrogens is 1. The Labute approximate surface area is 119 Å². The topological polar surface area (TPSA) is 88.3 Å². The van der Waals surface area contributed by atoms with E-state index >= 15 is 0 Å². The monoisotopic (exact) mass is 278 g/mol. The third-order valence-corrected chi connectivity index (χ3v) is 3.09. The van der Waals surface area contributed by atoms with Gasteiger partial charge in [-0.05, 0) is 26.8 Å². The molecular formula is C14H22N4O2. The molecule has 0 fully saturated rings. The maximum atomic E-state index is 12.0. The molecule has 0 saturated heterocycles. The number of nitrogens with two attached hydrogens (primary N) is 1. The fourth-order valence-electron chi connectivity index (χ4n) is 1.89. The number of anilines is 1. The molecule has 20 heavy (non-hydrogen) atoms. The summed E-state index contributed by atoms with van der Waals surface area (Å²) in [7, 11) is 0. The van der Waals surface area contributed by atoms with Gasteiger partial charge in [0.2, 0.25) is 5.91 Å². The van der Waals surface area contributed by atoms with Gasteiger partial charge < -0.3 is 16.0 Å². The maximum Gasteiger partial charge on any atom is 0.253 e. The first-order valence-corrected chi connectivity index (χ1v) is 6.77. The van der Waals surface area contributed by atoms with Crippen molar-refractivity contribution < 1.29 is 9.59 Å². The van der Waals surface area contributed by atoms with Gasteiger partial charge in [0, 0.05) is 26.1 Å². The number of nitrogens with zero attached hydrogens (tertiary/aromatic N) is 2. The van der Waals surface area contributed by atoms with E-state index in [0.717, 1.165) is 0 Å². The van der Waals surface area contributed by atoms with Gasteiger partial charge in [0.25, 0.3) is 5.91 Å². The predicted octanol–water partition coefficient (Wildman–Crippen LogP) is 0.961. The lowest BCUT2D eigenvalue weighted by Crippen LogP contribution is -2.34. The third-order valence-electron chi connectivity index (χ3n) is 3.09. The Morgan fingerprint density at radius 1 is 1.35 bits per heavy atom. The second-order valence-corrected chi connectivity index (χ2v) is 4.47. The molecule has 0 atom stereocenters. The molecule has 0 aliphatic carbocycles. The smallest absolute Gasteiger partial charge is 0.253 e. The normalized spacial score (nSPS) is 10.2. The minimum atomic E-state index is -0.255. The molecular weight excluding hydrogens is 256 g/mol. The summed E-state index contributed by atoms with van der Waals surface area (Å²) in [4.78, 5) is 29.5. The first kappa shape index (κ1) is 15.9. The Balaban J connectivity index is 2.52. The summed E-state index contributed by atoms with van der Waals surface area (Å²) in [5.74, 6) is -0.215. The van der Waals surface area contributed by atoms with Gasteiger partial charge in [-0.3, -0.25) is 14.6 Å². The molecule has 1 aromatic rings. The molecule has 3 N–H and O–H groups in total. The molecule has 0 radical (unpaired) electrons. The molecule has 110 valence electrons. The lowest BCUT2D eigenvalue weighted by atomic mass is 10.2. The number of pyridine rings is 1. The lowest BCUT2D eigenvalue weighted by Gasteiger charge is -2.18. The van der Waals surface area contributed by atoms with Crippen LogP contribution in [0.25, 0.3) is 0 Å². The van der Waals surface area contributed by atoms with Crippen molar-refractivity contribution in [3.05, 3.63) is 23.5 Å². The highest BCUT2D eigenvalue weighted by Crippen LogP contribution is 2.09. The highest BCUT2D eigenvalue weighted by atomic mass is 16.2. The fraction of sp³-hybridized carbons (Fsp3) is 0.500. The molecule has 6 nitrogen and oxygen atoms in total. The van der Waals surface area contributed by atoms with Crippen molar-refractivity contribution >= 4 is 17.5 Å². The Kier molecular flexibility index (Phi) is 5.96. The van der Waals surface area contributed by atoms with E-state index in [-0.39, 0.29) is 11.8 Å². The quantitative estimate of drug-likeness (QED) is 0.811. The zero-order chi connectivity index (χ0) is 15.1. The van der Waals surface area contributed by atoms with E-state index in [4.69, 9.17) is 5.73 Å². The standard InChI is InChI=1S/C14H22N4O2/c1-4-18(5-2)13(19)6-7-16-14(20)12-8-11(15)9-17-10(12)3/h8-9H,4-7,15H2,1-3H3,(H,16,20). The Morgan fingerprint density at radius 2 is 2.00 bits per heavy atom. The van der Waals surface area contributed by atoms with E-state index in [1.54, 1.807) is 17.9 Å². The van der Waals surface area contributed by atoms with Crippen molar-refractivity contribution in [2.45, 2.75) is 27.2 Å². The van der Waals surface area contributed by atoms with Crippen LogP contribution in [0.15, 0.2) is 12.3 Å². The Bertz CT molecular complexity index is 484. The molecule has 2 amide bonds. The molecule has 0 saturated carbocycles. The molecule has 0 unspecified atom stereocenters. The van der Waals surface area contributed by atoms with Crippen LogP contribution in [0.2, 0.25) is 0 Å². The average Bonchev–Trinajstić information content (AvgIpc) is 2.42. The summed E-state index contributed by atoms with van der Waals surface area (Å²) in [5.41, 5.74) is 7.12. The van der Waals surface area contributed by atoms with Crippen LogP contribution in [0.1, 0.15) is 36.3 Å². The van der Waals surface area contributed by atoms with Crippen LogP contribution in [0.3, 0.4) is 0 Å². The number of carbonyl (C=O) groups excluding carboxylic acids is 2. The van der Waals surface area contributed by atoms with E-state index in [0.29, 0.717) is 43.0 Å².